The second-order valence-corrected chi connectivity index (χ2v) is 7.62. The minimum Gasteiger partial charge on any atom is -0.354 e. The maximum absolute atomic E-state index is 9.60. The lowest BCUT2D eigenvalue weighted by molar-refractivity contribution is -0.731. The van der Waals surface area contributed by atoms with Gasteiger partial charge in [0.25, 0.3) is 0 Å². The molecule has 0 unspecified atom stereocenters. The third-order valence-corrected chi connectivity index (χ3v) is 5.71. The van der Waals surface area contributed by atoms with Crippen LogP contribution in [0, 0.1) is 18.3 Å². The number of nitrogens with zero attached hydrogens (tertiary/aromatic N) is 6. The molecule has 1 saturated heterocycles. The van der Waals surface area contributed by atoms with Crippen LogP contribution in [0.25, 0.3) is 27.9 Å². The van der Waals surface area contributed by atoms with Crippen LogP contribution in [0.1, 0.15) is 11.3 Å². The Morgan fingerprint density at radius 3 is 2.63 bits per heavy atom. The number of hydrogen-bond acceptors (Lipinski definition) is 5. The average molecular weight is 399 g/mol. The SMILES string of the molecule is Cc1cc(-c2cc(-c3ccc(N4CCNCC4)nc3)c3c(C#N)cnn3c2)[nH][n+]1C. The molecule has 8 nitrogen and oxygen atoms in total. The molecule has 5 rings (SSSR count). The van der Waals surface area contributed by atoms with E-state index in [9.17, 15) is 5.26 Å². The molecule has 0 amide bonds. The third kappa shape index (κ3) is 3.09. The van der Waals surface area contributed by atoms with Crippen LogP contribution >= 0.6 is 0 Å². The normalized spacial score (nSPS) is 14.2. The van der Waals surface area contributed by atoms with Crippen LogP contribution in [0.4, 0.5) is 5.82 Å². The van der Waals surface area contributed by atoms with Crippen molar-refractivity contribution < 1.29 is 4.68 Å². The highest BCUT2D eigenvalue weighted by Crippen LogP contribution is 2.31. The highest BCUT2D eigenvalue weighted by molar-refractivity contribution is 5.87. The Balaban J connectivity index is 1.63. The van der Waals surface area contributed by atoms with E-state index in [4.69, 9.17) is 4.98 Å². The van der Waals surface area contributed by atoms with E-state index in [-0.39, 0.29) is 0 Å². The first kappa shape index (κ1) is 18.3. The van der Waals surface area contributed by atoms with E-state index in [1.165, 1.54) is 0 Å². The highest BCUT2D eigenvalue weighted by atomic mass is 15.3. The number of piperazine rings is 1. The standard InChI is InChI=1S/C22H22N8/c1-15-9-20(27-28(15)2)17-10-19(22-18(11-23)13-26-30(22)14-17)16-3-4-21(25-12-16)29-7-5-24-6-8-29/h3-4,9-10,12-14,24H,5-8H2,1-2H3/p+1. The molecule has 1 fully saturated rings. The molecule has 1 aliphatic heterocycles. The Bertz CT molecular complexity index is 1230. The van der Waals surface area contributed by atoms with Crippen molar-refractivity contribution >= 4 is 11.3 Å². The van der Waals surface area contributed by atoms with Gasteiger partial charge in [-0.15, -0.1) is 4.68 Å². The summed E-state index contributed by atoms with van der Waals surface area (Å²) in [6.07, 6.45) is 5.46. The van der Waals surface area contributed by atoms with Crippen molar-refractivity contribution in [1.29, 1.82) is 5.26 Å². The summed E-state index contributed by atoms with van der Waals surface area (Å²) in [5, 5.41) is 20.7. The average Bonchev–Trinajstić information content (AvgIpc) is 3.36. The molecule has 150 valence electrons. The molecule has 0 radical (unpaired) electrons. The van der Waals surface area contributed by atoms with Gasteiger partial charge in [-0.05, 0) is 18.2 Å². The van der Waals surface area contributed by atoms with E-state index in [1.54, 1.807) is 10.7 Å². The molecule has 4 aromatic heterocycles. The lowest BCUT2D eigenvalue weighted by Gasteiger charge is -2.28. The van der Waals surface area contributed by atoms with Gasteiger partial charge in [-0.25, -0.2) is 9.50 Å². The van der Waals surface area contributed by atoms with Crippen LogP contribution in [-0.2, 0) is 7.05 Å². The first-order valence-electron chi connectivity index (χ1n) is 10.0. The zero-order valence-corrected chi connectivity index (χ0v) is 17.1. The van der Waals surface area contributed by atoms with Gasteiger partial charge in [-0.2, -0.15) is 15.5 Å². The number of pyridine rings is 2. The molecule has 0 bridgehead atoms. The van der Waals surface area contributed by atoms with E-state index in [0.717, 1.165) is 65.6 Å². The monoisotopic (exact) mass is 399 g/mol. The maximum Gasteiger partial charge on any atom is 0.204 e. The molecule has 0 saturated carbocycles. The van der Waals surface area contributed by atoms with Crippen molar-refractivity contribution in [3.8, 4) is 28.5 Å². The topological polar surface area (TPSA) is 88.9 Å². The summed E-state index contributed by atoms with van der Waals surface area (Å²) in [6, 6.07) is 10.6. The number of nitrogens with one attached hydrogen (secondary N) is 2. The molecule has 2 N–H and O–H groups in total. The van der Waals surface area contributed by atoms with Crippen LogP contribution in [0.5, 0.6) is 0 Å². The number of fused-ring (bicyclic) bond motifs is 1. The molecule has 0 atom stereocenters. The van der Waals surface area contributed by atoms with Crippen molar-refractivity contribution in [2.75, 3.05) is 31.1 Å². The fourth-order valence-corrected chi connectivity index (χ4v) is 3.95. The van der Waals surface area contributed by atoms with Gasteiger partial charge in [0.15, 0.2) is 7.05 Å². The fourth-order valence-electron chi connectivity index (χ4n) is 3.95. The van der Waals surface area contributed by atoms with Gasteiger partial charge in [0.2, 0.25) is 5.69 Å². The van der Waals surface area contributed by atoms with Gasteiger partial charge >= 0.3 is 0 Å². The predicted octanol–water partition coefficient (Wildman–Crippen LogP) is 1.81. The summed E-state index contributed by atoms with van der Waals surface area (Å²) in [7, 11) is 1.98. The van der Waals surface area contributed by atoms with Crippen molar-refractivity contribution in [2.45, 2.75) is 6.92 Å². The molecule has 0 aliphatic carbocycles. The maximum atomic E-state index is 9.60. The first-order valence-corrected chi connectivity index (χ1v) is 10.0. The molecule has 1 aliphatic rings. The lowest BCUT2D eigenvalue weighted by Crippen LogP contribution is -2.43. The molecule has 8 heteroatoms. The Morgan fingerprint density at radius 2 is 1.97 bits per heavy atom. The van der Waals surface area contributed by atoms with Gasteiger partial charge in [0, 0.05) is 68.3 Å². The number of anilines is 1. The third-order valence-electron chi connectivity index (χ3n) is 5.71. The molecule has 0 aromatic carbocycles. The van der Waals surface area contributed by atoms with E-state index >= 15 is 0 Å². The summed E-state index contributed by atoms with van der Waals surface area (Å²) in [5.41, 5.74) is 6.38. The predicted molar refractivity (Wildman–Crippen MR) is 114 cm³/mol. The van der Waals surface area contributed by atoms with Crippen LogP contribution in [-0.4, -0.2) is 45.9 Å². The Kier molecular flexibility index (Phi) is 4.45. The summed E-state index contributed by atoms with van der Waals surface area (Å²) in [4.78, 5) is 7.00. The van der Waals surface area contributed by atoms with Gasteiger partial charge in [0.1, 0.15) is 17.6 Å². The van der Waals surface area contributed by atoms with E-state index in [0.29, 0.717) is 5.56 Å². The van der Waals surface area contributed by atoms with Crippen LogP contribution in [0.2, 0.25) is 0 Å². The lowest BCUT2D eigenvalue weighted by atomic mass is 10.0. The minimum absolute atomic E-state index is 0.552. The van der Waals surface area contributed by atoms with Crippen molar-refractivity contribution in [3.05, 3.63) is 54.1 Å². The molecular weight excluding hydrogens is 376 g/mol. The number of H-pyrrole nitrogens is 1. The number of aryl methyl sites for hydroxylation is 2. The van der Waals surface area contributed by atoms with E-state index in [1.807, 2.05) is 24.1 Å². The summed E-state index contributed by atoms with van der Waals surface area (Å²) in [6.45, 7) is 5.91. The van der Waals surface area contributed by atoms with E-state index in [2.05, 4.69) is 57.7 Å². The Labute approximate surface area is 174 Å². The quantitative estimate of drug-likeness (QED) is 0.513. The molecule has 30 heavy (non-hydrogen) atoms. The fraction of sp³-hybridized carbons (Fsp3) is 0.273. The number of nitriles is 1. The molecular formula is C22H23N8+. The van der Waals surface area contributed by atoms with Crippen LogP contribution in [0.15, 0.2) is 42.9 Å². The second kappa shape index (κ2) is 7.28. The first-order chi connectivity index (χ1) is 14.6. The number of aromatic nitrogens is 5. The van der Waals surface area contributed by atoms with Crippen LogP contribution < -0.4 is 14.9 Å². The van der Waals surface area contributed by atoms with Crippen LogP contribution in [0.3, 0.4) is 0 Å². The van der Waals surface area contributed by atoms with Gasteiger partial charge in [-0.3, -0.25) is 0 Å². The largest absolute Gasteiger partial charge is 0.354 e. The molecule has 4 aromatic rings. The Morgan fingerprint density at radius 1 is 1.13 bits per heavy atom. The van der Waals surface area contributed by atoms with Crippen molar-refractivity contribution in [2.24, 2.45) is 7.05 Å². The van der Waals surface area contributed by atoms with Gasteiger partial charge in [0.05, 0.1) is 17.3 Å². The molecule has 5 heterocycles. The number of aromatic amines is 1. The van der Waals surface area contributed by atoms with Gasteiger partial charge in [-0.1, -0.05) is 0 Å². The number of hydrogen-bond donors (Lipinski definition) is 2. The molecule has 0 spiro atoms. The summed E-state index contributed by atoms with van der Waals surface area (Å²) < 4.78 is 3.76. The minimum atomic E-state index is 0.552. The highest BCUT2D eigenvalue weighted by Gasteiger charge is 2.17. The van der Waals surface area contributed by atoms with Crippen molar-refractivity contribution in [3.63, 3.8) is 0 Å². The second-order valence-electron chi connectivity index (χ2n) is 7.62. The zero-order valence-electron chi connectivity index (χ0n) is 17.1. The summed E-state index contributed by atoms with van der Waals surface area (Å²) >= 11 is 0. The zero-order chi connectivity index (χ0) is 20.7. The van der Waals surface area contributed by atoms with E-state index < -0.39 is 0 Å². The smallest absolute Gasteiger partial charge is 0.204 e. The van der Waals surface area contributed by atoms with Crippen molar-refractivity contribution in [1.82, 2.24) is 25.0 Å². The number of rotatable bonds is 3. The summed E-state index contributed by atoms with van der Waals surface area (Å²) in [5.74, 6) is 0.980. The Hall–Kier alpha value is -3.70. The van der Waals surface area contributed by atoms with Gasteiger partial charge < -0.3 is 10.2 Å².